The molecule has 126 valence electrons. The molecule has 2 aliphatic heterocycles. The number of piperidine rings is 1. The minimum absolute atomic E-state index is 0.195. The van der Waals surface area contributed by atoms with Gasteiger partial charge in [-0.25, -0.2) is 0 Å². The Morgan fingerprint density at radius 3 is 2.41 bits per heavy atom. The predicted octanol–water partition coefficient (Wildman–Crippen LogP) is 0.271. The van der Waals surface area contributed by atoms with Crippen molar-refractivity contribution in [3.05, 3.63) is 0 Å². The summed E-state index contributed by atoms with van der Waals surface area (Å²) in [6.07, 6.45) is 4.77. The van der Waals surface area contributed by atoms with Gasteiger partial charge in [-0.05, 0) is 39.2 Å². The molecule has 2 amide bonds. The van der Waals surface area contributed by atoms with Gasteiger partial charge in [0, 0.05) is 45.2 Å². The number of nitrogens with zero attached hydrogens (tertiary/aromatic N) is 3. The molecule has 2 heterocycles. The molecule has 2 aliphatic rings. The van der Waals surface area contributed by atoms with Gasteiger partial charge in [-0.2, -0.15) is 0 Å². The first-order chi connectivity index (χ1) is 10.6. The lowest BCUT2D eigenvalue weighted by Gasteiger charge is -2.38. The SMILES string of the molecule is CC1CCCCN1C(=O)CN1CCN(C(=O)CCCN)CC1. The summed E-state index contributed by atoms with van der Waals surface area (Å²) in [4.78, 5) is 30.5. The smallest absolute Gasteiger partial charge is 0.236 e. The van der Waals surface area contributed by atoms with E-state index in [9.17, 15) is 9.59 Å². The largest absolute Gasteiger partial charge is 0.340 e. The Hall–Kier alpha value is -1.14. The van der Waals surface area contributed by atoms with Gasteiger partial charge in [-0.15, -0.1) is 0 Å². The predicted molar refractivity (Wildman–Crippen MR) is 86.3 cm³/mol. The lowest BCUT2D eigenvalue weighted by atomic mass is 10.0. The highest BCUT2D eigenvalue weighted by molar-refractivity contribution is 5.79. The number of amides is 2. The average molecular weight is 310 g/mol. The Kier molecular flexibility index (Phi) is 6.64. The first-order valence-electron chi connectivity index (χ1n) is 8.61. The van der Waals surface area contributed by atoms with E-state index >= 15 is 0 Å². The van der Waals surface area contributed by atoms with Crippen LogP contribution in [0.5, 0.6) is 0 Å². The molecule has 6 nitrogen and oxygen atoms in total. The number of rotatable bonds is 5. The number of likely N-dealkylation sites (tertiary alicyclic amines) is 1. The summed E-state index contributed by atoms with van der Waals surface area (Å²) in [5.74, 6) is 0.441. The van der Waals surface area contributed by atoms with E-state index in [0.29, 0.717) is 25.6 Å². The zero-order valence-electron chi connectivity index (χ0n) is 13.8. The van der Waals surface area contributed by atoms with Gasteiger partial charge in [0.1, 0.15) is 0 Å². The number of hydrogen-bond donors (Lipinski definition) is 1. The van der Waals surface area contributed by atoms with E-state index in [1.54, 1.807) is 0 Å². The van der Waals surface area contributed by atoms with Crippen LogP contribution in [-0.4, -0.2) is 78.4 Å². The summed E-state index contributed by atoms with van der Waals surface area (Å²) in [7, 11) is 0. The number of carbonyl (C=O) groups excluding carboxylic acids is 2. The monoisotopic (exact) mass is 310 g/mol. The fraction of sp³-hybridized carbons (Fsp3) is 0.875. The van der Waals surface area contributed by atoms with Crippen molar-refractivity contribution < 1.29 is 9.59 Å². The Bertz CT molecular complexity index is 380. The summed E-state index contributed by atoms with van der Waals surface area (Å²) in [5, 5.41) is 0. The third kappa shape index (κ3) is 4.68. The van der Waals surface area contributed by atoms with E-state index < -0.39 is 0 Å². The second-order valence-electron chi connectivity index (χ2n) is 6.48. The molecular formula is C16H30N4O2. The zero-order chi connectivity index (χ0) is 15.9. The second-order valence-corrected chi connectivity index (χ2v) is 6.48. The van der Waals surface area contributed by atoms with Gasteiger partial charge in [0.05, 0.1) is 6.54 Å². The molecule has 2 N–H and O–H groups in total. The van der Waals surface area contributed by atoms with Gasteiger partial charge in [0.15, 0.2) is 0 Å². The first-order valence-corrected chi connectivity index (χ1v) is 8.61. The molecule has 22 heavy (non-hydrogen) atoms. The third-order valence-electron chi connectivity index (χ3n) is 4.80. The lowest BCUT2D eigenvalue weighted by Crippen LogP contribution is -2.53. The Balaban J connectivity index is 1.72. The normalized spacial score (nSPS) is 23.6. The molecule has 1 atom stereocenters. The van der Waals surface area contributed by atoms with Gasteiger partial charge in [-0.3, -0.25) is 14.5 Å². The number of piperazine rings is 1. The number of hydrogen-bond acceptors (Lipinski definition) is 4. The summed E-state index contributed by atoms with van der Waals surface area (Å²) >= 11 is 0. The van der Waals surface area contributed by atoms with Crippen LogP contribution in [0, 0.1) is 0 Å². The average Bonchev–Trinajstić information content (AvgIpc) is 2.53. The third-order valence-corrected chi connectivity index (χ3v) is 4.80. The number of nitrogens with two attached hydrogens (primary N) is 1. The molecule has 0 aromatic carbocycles. The molecule has 0 bridgehead atoms. The first kappa shape index (κ1) is 17.2. The Labute approximate surface area is 133 Å². The van der Waals surface area contributed by atoms with Gasteiger partial charge in [0.2, 0.25) is 11.8 Å². The van der Waals surface area contributed by atoms with E-state index in [1.165, 1.54) is 6.42 Å². The van der Waals surface area contributed by atoms with E-state index in [1.807, 2.05) is 9.80 Å². The summed E-state index contributed by atoms with van der Waals surface area (Å²) in [6.45, 7) is 7.15. The van der Waals surface area contributed by atoms with E-state index in [4.69, 9.17) is 5.73 Å². The molecule has 0 saturated carbocycles. The Morgan fingerprint density at radius 2 is 1.77 bits per heavy atom. The van der Waals surface area contributed by atoms with Crippen LogP contribution in [0.2, 0.25) is 0 Å². The summed E-state index contributed by atoms with van der Waals surface area (Å²) in [6, 6.07) is 0.375. The van der Waals surface area contributed by atoms with Crippen LogP contribution in [0.1, 0.15) is 39.0 Å². The van der Waals surface area contributed by atoms with Crippen LogP contribution in [0.3, 0.4) is 0 Å². The van der Waals surface area contributed by atoms with Crippen molar-refractivity contribution in [2.75, 3.05) is 45.8 Å². The second kappa shape index (κ2) is 8.48. The molecule has 0 spiro atoms. The minimum Gasteiger partial charge on any atom is -0.340 e. The van der Waals surface area contributed by atoms with Gasteiger partial charge in [0.25, 0.3) is 0 Å². The van der Waals surface area contributed by atoms with E-state index in [-0.39, 0.29) is 11.8 Å². The molecule has 2 saturated heterocycles. The number of carbonyl (C=O) groups is 2. The molecule has 0 aromatic rings. The molecule has 0 aliphatic carbocycles. The zero-order valence-corrected chi connectivity index (χ0v) is 13.8. The van der Waals surface area contributed by atoms with Crippen LogP contribution < -0.4 is 5.73 Å². The molecule has 0 aromatic heterocycles. The van der Waals surface area contributed by atoms with Crippen molar-refractivity contribution in [2.24, 2.45) is 5.73 Å². The maximum absolute atomic E-state index is 12.4. The van der Waals surface area contributed by atoms with Gasteiger partial charge < -0.3 is 15.5 Å². The maximum Gasteiger partial charge on any atom is 0.236 e. The minimum atomic E-state index is 0.195. The van der Waals surface area contributed by atoms with Crippen molar-refractivity contribution >= 4 is 11.8 Å². The highest BCUT2D eigenvalue weighted by Gasteiger charge is 2.27. The maximum atomic E-state index is 12.4. The van der Waals surface area contributed by atoms with Crippen LogP contribution in [0.15, 0.2) is 0 Å². The molecule has 2 fully saturated rings. The van der Waals surface area contributed by atoms with Crippen LogP contribution in [-0.2, 0) is 9.59 Å². The van der Waals surface area contributed by atoms with Crippen molar-refractivity contribution in [2.45, 2.75) is 45.1 Å². The summed E-state index contributed by atoms with van der Waals surface area (Å²) < 4.78 is 0. The van der Waals surface area contributed by atoms with Crippen LogP contribution in [0.25, 0.3) is 0 Å². The van der Waals surface area contributed by atoms with E-state index in [0.717, 1.165) is 52.0 Å². The lowest BCUT2D eigenvalue weighted by molar-refractivity contribution is -0.137. The summed E-state index contributed by atoms with van der Waals surface area (Å²) in [5.41, 5.74) is 5.44. The van der Waals surface area contributed by atoms with Crippen molar-refractivity contribution in [3.8, 4) is 0 Å². The molecular weight excluding hydrogens is 280 g/mol. The molecule has 2 rings (SSSR count). The van der Waals surface area contributed by atoms with E-state index in [2.05, 4.69) is 11.8 Å². The van der Waals surface area contributed by atoms with Crippen molar-refractivity contribution in [1.29, 1.82) is 0 Å². The van der Waals surface area contributed by atoms with Crippen LogP contribution >= 0.6 is 0 Å². The fourth-order valence-electron chi connectivity index (χ4n) is 3.32. The highest BCUT2D eigenvalue weighted by atomic mass is 16.2. The molecule has 0 radical (unpaired) electrons. The van der Waals surface area contributed by atoms with Crippen molar-refractivity contribution in [1.82, 2.24) is 14.7 Å². The van der Waals surface area contributed by atoms with Gasteiger partial charge >= 0.3 is 0 Å². The topological polar surface area (TPSA) is 69.9 Å². The standard InChI is InChI=1S/C16H30N4O2/c1-14-5-2-3-8-20(14)16(22)13-18-9-11-19(12-10-18)15(21)6-4-7-17/h14H,2-13,17H2,1H3. The van der Waals surface area contributed by atoms with Crippen LogP contribution in [0.4, 0.5) is 0 Å². The van der Waals surface area contributed by atoms with Crippen molar-refractivity contribution in [3.63, 3.8) is 0 Å². The fourth-order valence-corrected chi connectivity index (χ4v) is 3.32. The molecule has 1 unspecified atom stereocenters. The quantitative estimate of drug-likeness (QED) is 0.791. The highest BCUT2D eigenvalue weighted by Crippen LogP contribution is 2.17. The molecule has 6 heteroatoms. The van der Waals surface area contributed by atoms with Gasteiger partial charge in [-0.1, -0.05) is 0 Å². The Morgan fingerprint density at radius 1 is 1.05 bits per heavy atom.